The van der Waals surface area contributed by atoms with Crippen LogP contribution in [0.5, 0.6) is 0 Å². The van der Waals surface area contributed by atoms with Gasteiger partial charge in [-0.05, 0) is 31.5 Å². The Morgan fingerprint density at radius 3 is 2.44 bits per heavy atom. The molecule has 0 N–H and O–H groups in total. The molecule has 1 saturated heterocycles. The summed E-state index contributed by atoms with van der Waals surface area (Å²) in [7, 11) is 0. The molecule has 0 unspecified atom stereocenters. The van der Waals surface area contributed by atoms with Crippen LogP contribution in [-0.4, -0.2) is 42.5 Å². The van der Waals surface area contributed by atoms with Gasteiger partial charge in [-0.3, -0.25) is 4.90 Å². The van der Waals surface area contributed by atoms with Gasteiger partial charge in [0.15, 0.2) is 0 Å². The Hall–Kier alpha value is -0.830. The first-order chi connectivity index (χ1) is 8.79. The summed E-state index contributed by atoms with van der Waals surface area (Å²) in [6, 6.07) is 0. The molecular weight excluding hydrogens is 227 g/mol. The quantitative estimate of drug-likeness (QED) is 0.693. The normalized spacial score (nSPS) is 21.8. The van der Waals surface area contributed by atoms with E-state index < -0.39 is 0 Å². The zero-order valence-corrected chi connectivity index (χ0v) is 11.5. The van der Waals surface area contributed by atoms with Crippen LogP contribution < -0.4 is 0 Å². The van der Waals surface area contributed by atoms with Crippen LogP contribution in [0.15, 0.2) is 23.7 Å². The van der Waals surface area contributed by atoms with Gasteiger partial charge < -0.3 is 4.90 Å². The molecule has 0 aromatic carbocycles. The van der Waals surface area contributed by atoms with Gasteiger partial charge in [-0.15, -0.1) is 0 Å². The Morgan fingerprint density at radius 2 is 1.83 bits per heavy atom. The van der Waals surface area contributed by atoms with Crippen molar-refractivity contribution >= 4 is 0 Å². The maximum atomic E-state index is 12.9. The smallest absolute Gasteiger partial charge is 0.100 e. The first kappa shape index (κ1) is 13.6. The van der Waals surface area contributed by atoms with E-state index in [0.717, 1.165) is 32.6 Å². The summed E-state index contributed by atoms with van der Waals surface area (Å²) in [5, 5.41) is 0. The topological polar surface area (TPSA) is 6.48 Å². The molecule has 2 nitrogen and oxygen atoms in total. The van der Waals surface area contributed by atoms with Crippen molar-refractivity contribution in [2.45, 2.75) is 39.0 Å². The van der Waals surface area contributed by atoms with Crippen molar-refractivity contribution < 1.29 is 4.39 Å². The molecule has 0 radical (unpaired) electrons. The molecule has 1 aliphatic carbocycles. The number of allylic oxidation sites excluding steroid dienone is 4. The van der Waals surface area contributed by atoms with Crippen LogP contribution in [0, 0.1) is 0 Å². The van der Waals surface area contributed by atoms with E-state index >= 15 is 0 Å². The van der Waals surface area contributed by atoms with E-state index in [-0.39, 0.29) is 5.83 Å². The molecular formula is C15H25FN2. The molecule has 0 aromatic heterocycles. The maximum absolute atomic E-state index is 12.9. The van der Waals surface area contributed by atoms with Crippen LogP contribution in [0.4, 0.5) is 4.39 Å². The highest BCUT2D eigenvalue weighted by molar-refractivity contribution is 5.20. The summed E-state index contributed by atoms with van der Waals surface area (Å²) in [6.45, 7) is 8.02. The molecule has 0 saturated carbocycles. The van der Waals surface area contributed by atoms with Gasteiger partial charge in [0.1, 0.15) is 5.83 Å². The van der Waals surface area contributed by atoms with Crippen molar-refractivity contribution in [3.63, 3.8) is 0 Å². The first-order valence-corrected chi connectivity index (χ1v) is 7.32. The highest BCUT2D eigenvalue weighted by Gasteiger charge is 2.19. The molecule has 18 heavy (non-hydrogen) atoms. The molecule has 0 spiro atoms. The Bertz CT molecular complexity index is 314. The van der Waals surface area contributed by atoms with E-state index in [9.17, 15) is 4.39 Å². The lowest BCUT2D eigenvalue weighted by Crippen LogP contribution is -2.46. The number of nitrogens with zero attached hydrogens (tertiary/aromatic N) is 2. The lowest BCUT2D eigenvalue weighted by Gasteiger charge is -2.38. The minimum atomic E-state index is 0.0250. The van der Waals surface area contributed by atoms with E-state index in [1.165, 1.54) is 31.5 Å². The van der Waals surface area contributed by atoms with Crippen molar-refractivity contribution in [3.05, 3.63) is 23.7 Å². The number of halogens is 1. The van der Waals surface area contributed by atoms with Gasteiger partial charge in [-0.25, -0.2) is 4.39 Å². The van der Waals surface area contributed by atoms with Crippen LogP contribution in [0.2, 0.25) is 0 Å². The minimum Gasteiger partial charge on any atom is -0.372 e. The summed E-state index contributed by atoms with van der Waals surface area (Å²) in [5.74, 6) is 0.0250. The molecule has 2 aliphatic rings. The molecule has 2 rings (SSSR count). The van der Waals surface area contributed by atoms with Gasteiger partial charge in [-0.2, -0.15) is 0 Å². The van der Waals surface area contributed by atoms with Gasteiger partial charge >= 0.3 is 0 Å². The van der Waals surface area contributed by atoms with Gasteiger partial charge in [0, 0.05) is 38.3 Å². The number of unbranched alkanes of at least 4 members (excludes halogenated alkanes) is 2. The lowest BCUT2D eigenvalue weighted by atomic mass is 10.1. The molecule has 0 atom stereocenters. The first-order valence-electron chi connectivity index (χ1n) is 7.32. The van der Waals surface area contributed by atoms with Gasteiger partial charge in [0.25, 0.3) is 0 Å². The highest BCUT2D eigenvalue weighted by Crippen LogP contribution is 2.23. The van der Waals surface area contributed by atoms with Gasteiger partial charge in [-0.1, -0.05) is 19.8 Å². The SMILES string of the molecule is CCCCCN1CCN(C2=CC=C(F)CC2)CC1. The van der Waals surface area contributed by atoms with Crippen molar-refractivity contribution in [1.82, 2.24) is 9.80 Å². The molecule has 0 bridgehead atoms. The second-order valence-corrected chi connectivity index (χ2v) is 5.31. The Morgan fingerprint density at radius 1 is 1.06 bits per heavy atom. The van der Waals surface area contributed by atoms with Crippen LogP contribution in [0.25, 0.3) is 0 Å². The maximum Gasteiger partial charge on any atom is 0.100 e. The third kappa shape index (κ3) is 3.84. The van der Waals surface area contributed by atoms with Crippen LogP contribution in [0.3, 0.4) is 0 Å². The summed E-state index contributed by atoms with van der Waals surface area (Å²) in [6.07, 6.45) is 9.02. The van der Waals surface area contributed by atoms with Crippen LogP contribution in [0.1, 0.15) is 39.0 Å². The van der Waals surface area contributed by atoms with Gasteiger partial charge in [0.2, 0.25) is 0 Å². The number of hydrogen-bond donors (Lipinski definition) is 0. The van der Waals surface area contributed by atoms with E-state index in [2.05, 4.69) is 16.7 Å². The van der Waals surface area contributed by atoms with Crippen molar-refractivity contribution in [2.75, 3.05) is 32.7 Å². The predicted molar refractivity (Wildman–Crippen MR) is 74.0 cm³/mol. The number of hydrogen-bond acceptors (Lipinski definition) is 2. The second kappa shape index (κ2) is 6.93. The van der Waals surface area contributed by atoms with Crippen LogP contribution in [-0.2, 0) is 0 Å². The average molecular weight is 252 g/mol. The van der Waals surface area contributed by atoms with E-state index in [1.54, 1.807) is 6.08 Å². The Kier molecular flexibility index (Phi) is 5.24. The molecule has 0 amide bonds. The van der Waals surface area contributed by atoms with Crippen LogP contribution >= 0.6 is 0 Å². The summed E-state index contributed by atoms with van der Waals surface area (Å²) in [4.78, 5) is 4.99. The van der Waals surface area contributed by atoms with Crippen molar-refractivity contribution in [3.8, 4) is 0 Å². The summed E-state index contributed by atoms with van der Waals surface area (Å²) in [5.41, 5.74) is 1.32. The predicted octanol–water partition coefficient (Wildman–Crippen LogP) is 3.33. The standard InChI is InChI=1S/C15H25FN2/c1-2-3-4-9-17-10-12-18(13-11-17)15-7-5-14(16)6-8-15/h5,7H,2-4,6,8-13H2,1H3. The molecule has 1 aliphatic heterocycles. The zero-order chi connectivity index (χ0) is 12.8. The van der Waals surface area contributed by atoms with E-state index in [1.807, 2.05) is 6.08 Å². The number of piperazine rings is 1. The fraction of sp³-hybridized carbons (Fsp3) is 0.733. The molecule has 3 heteroatoms. The zero-order valence-electron chi connectivity index (χ0n) is 11.5. The third-order valence-corrected chi connectivity index (χ3v) is 3.93. The highest BCUT2D eigenvalue weighted by atomic mass is 19.1. The largest absolute Gasteiger partial charge is 0.372 e. The molecule has 1 fully saturated rings. The van der Waals surface area contributed by atoms with Crippen molar-refractivity contribution in [2.24, 2.45) is 0 Å². The Labute approximate surface area is 110 Å². The fourth-order valence-electron chi connectivity index (χ4n) is 2.71. The molecule has 0 aromatic rings. The molecule has 1 heterocycles. The molecule has 102 valence electrons. The third-order valence-electron chi connectivity index (χ3n) is 3.93. The second-order valence-electron chi connectivity index (χ2n) is 5.31. The monoisotopic (exact) mass is 252 g/mol. The number of rotatable bonds is 5. The Balaban J connectivity index is 1.73. The minimum absolute atomic E-state index is 0.0250. The van der Waals surface area contributed by atoms with Gasteiger partial charge in [0.05, 0.1) is 0 Å². The summed E-state index contributed by atoms with van der Waals surface area (Å²) >= 11 is 0. The lowest BCUT2D eigenvalue weighted by molar-refractivity contribution is 0.153. The van der Waals surface area contributed by atoms with E-state index in [4.69, 9.17) is 0 Å². The summed E-state index contributed by atoms with van der Waals surface area (Å²) < 4.78 is 12.9. The van der Waals surface area contributed by atoms with Crippen molar-refractivity contribution in [1.29, 1.82) is 0 Å². The van der Waals surface area contributed by atoms with E-state index in [0.29, 0.717) is 6.42 Å². The average Bonchev–Trinajstić information content (AvgIpc) is 2.41. The fourth-order valence-corrected chi connectivity index (χ4v) is 2.71.